The van der Waals surface area contributed by atoms with Crippen LogP contribution in [-0.4, -0.2) is 53.0 Å². The summed E-state index contributed by atoms with van der Waals surface area (Å²) < 4.78 is 47.0. The van der Waals surface area contributed by atoms with Crippen LogP contribution in [0.1, 0.15) is 18.2 Å². The molecule has 160 valence electrons. The minimum atomic E-state index is -4.18. The Balaban J connectivity index is 2.12. The fourth-order valence-electron chi connectivity index (χ4n) is 2.80. The summed E-state index contributed by atoms with van der Waals surface area (Å²) >= 11 is 1.49. The van der Waals surface area contributed by atoms with Crippen molar-refractivity contribution in [2.45, 2.75) is 23.4 Å². The molecule has 0 spiro atoms. The van der Waals surface area contributed by atoms with Gasteiger partial charge in [-0.05, 0) is 42.7 Å². The Morgan fingerprint density at radius 1 is 1.24 bits per heavy atom. The Bertz CT molecular complexity index is 889. The van der Waals surface area contributed by atoms with Crippen LogP contribution >= 0.6 is 11.8 Å². The summed E-state index contributed by atoms with van der Waals surface area (Å²) in [6.45, 7) is 0.270. The summed E-state index contributed by atoms with van der Waals surface area (Å²) in [4.78, 5) is 13.3. The van der Waals surface area contributed by atoms with E-state index >= 15 is 0 Å². The summed E-state index contributed by atoms with van der Waals surface area (Å²) in [5.41, 5.74) is 0. The highest BCUT2D eigenvalue weighted by molar-refractivity contribution is 7.98. The maximum absolute atomic E-state index is 14.0. The number of amides is 1. The maximum Gasteiger partial charge on any atom is 0.244 e. The lowest BCUT2D eigenvalue weighted by Crippen LogP contribution is -3.07. The number of sulfonamides is 1. The van der Waals surface area contributed by atoms with Gasteiger partial charge in [0.25, 0.3) is 0 Å². The van der Waals surface area contributed by atoms with Gasteiger partial charge in [-0.25, -0.2) is 12.8 Å². The molecule has 29 heavy (non-hydrogen) atoms. The number of hydrogen-bond donors (Lipinski definition) is 3. The van der Waals surface area contributed by atoms with Gasteiger partial charge >= 0.3 is 0 Å². The van der Waals surface area contributed by atoms with E-state index in [2.05, 4.69) is 10.0 Å². The number of carbonyl (C=O) groups is 1. The molecule has 0 unspecified atom stereocenters. The average molecular weight is 445 g/mol. The minimum Gasteiger partial charge on any atom is -0.463 e. The van der Waals surface area contributed by atoms with Gasteiger partial charge in [-0.1, -0.05) is 12.1 Å². The third-order valence-corrected chi connectivity index (χ3v) is 6.56. The van der Waals surface area contributed by atoms with E-state index in [1.165, 1.54) is 30.0 Å². The Morgan fingerprint density at radius 2 is 1.97 bits per heavy atom. The second-order valence-corrected chi connectivity index (χ2v) is 9.44. The SMILES string of the molecule is CSCC[C@H](NS(=O)(=O)c1ccccc1F)C(=O)NC[C@H](c1ccco1)[NH+](C)C. The first-order valence-electron chi connectivity index (χ1n) is 9.13. The zero-order valence-corrected chi connectivity index (χ0v) is 18.3. The fourth-order valence-corrected chi connectivity index (χ4v) is 4.58. The van der Waals surface area contributed by atoms with Gasteiger partial charge in [-0.3, -0.25) is 4.79 Å². The monoisotopic (exact) mass is 444 g/mol. The van der Waals surface area contributed by atoms with Gasteiger partial charge in [0.05, 0.1) is 26.9 Å². The Hall–Kier alpha value is -1.88. The van der Waals surface area contributed by atoms with E-state index in [0.717, 1.165) is 16.7 Å². The van der Waals surface area contributed by atoms with E-state index in [0.29, 0.717) is 5.75 Å². The van der Waals surface area contributed by atoms with E-state index < -0.39 is 32.7 Å². The number of rotatable bonds is 11. The lowest BCUT2D eigenvalue weighted by molar-refractivity contribution is -0.891. The van der Waals surface area contributed by atoms with E-state index in [4.69, 9.17) is 4.42 Å². The van der Waals surface area contributed by atoms with E-state index in [1.54, 1.807) is 12.3 Å². The number of furan rings is 1. The first-order chi connectivity index (χ1) is 13.8. The summed E-state index contributed by atoms with van der Waals surface area (Å²) in [6, 6.07) is 7.54. The van der Waals surface area contributed by atoms with Gasteiger partial charge in [0.1, 0.15) is 16.8 Å². The second kappa shape index (κ2) is 10.8. The molecule has 2 atom stereocenters. The predicted molar refractivity (Wildman–Crippen MR) is 111 cm³/mol. The van der Waals surface area contributed by atoms with Crippen LogP contribution in [0.25, 0.3) is 0 Å². The molecule has 0 saturated carbocycles. The quantitative estimate of drug-likeness (QED) is 0.477. The maximum atomic E-state index is 14.0. The third kappa shape index (κ3) is 6.56. The number of carbonyl (C=O) groups excluding carboxylic acids is 1. The van der Waals surface area contributed by atoms with Crippen molar-refractivity contribution in [1.82, 2.24) is 10.0 Å². The number of thioether (sulfide) groups is 1. The Kier molecular flexibility index (Phi) is 8.69. The van der Waals surface area contributed by atoms with Gasteiger partial charge in [0, 0.05) is 0 Å². The molecule has 3 N–H and O–H groups in total. The number of hydrogen-bond acceptors (Lipinski definition) is 5. The topological polar surface area (TPSA) is 92.8 Å². The molecule has 0 aliphatic carbocycles. The molecule has 0 aliphatic heterocycles. The van der Waals surface area contributed by atoms with Crippen LogP contribution in [0.4, 0.5) is 4.39 Å². The van der Waals surface area contributed by atoms with Crippen molar-refractivity contribution in [2.75, 3.05) is 32.6 Å². The standard InChI is InChI=1S/C19H26FN3O4S2/c1-23(2)16(17-8-6-11-27-17)13-21-19(24)15(10-12-28-3)22-29(25,26)18-9-5-4-7-14(18)20/h4-9,11,15-16,22H,10,12-13H2,1-3H3,(H,21,24)/p+1/t15-,16+/m0/s1. The molecule has 1 amide bonds. The van der Waals surface area contributed by atoms with Gasteiger partial charge in [0.15, 0.2) is 11.8 Å². The molecule has 2 aromatic rings. The molecule has 1 aromatic heterocycles. The highest BCUT2D eigenvalue weighted by Gasteiger charge is 2.29. The van der Waals surface area contributed by atoms with Gasteiger partial charge in [-0.15, -0.1) is 0 Å². The highest BCUT2D eigenvalue weighted by atomic mass is 32.2. The smallest absolute Gasteiger partial charge is 0.244 e. The molecule has 7 nitrogen and oxygen atoms in total. The summed E-state index contributed by atoms with van der Waals surface area (Å²) in [7, 11) is -0.311. The molecular formula is C19H27FN3O4S2+. The molecule has 0 bridgehead atoms. The van der Waals surface area contributed by atoms with Crippen LogP contribution in [0.2, 0.25) is 0 Å². The molecule has 10 heteroatoms. The number of quaternary nitrogens is 1. The Labute approximate surface area is 175 Å². The lowest BCUT2D eigenvalue weighted by Gasteiger charge is -2.22. The molecule has 1 heterocycles. The van der Waals surface area contributed by atoms with Crippen LogP contribution in [0, 0.1) is 5.82 Å². The number of halogens is 1. The summed E-state index contributed by atoms with van der Waals surface area (Å²) in [6.07, 6.45) is 3.71. The van der Waals surface area contributed by atoms with E-state index in [-0.39, 0.29) is 19.0 Å². The van der Waals surface area contributed by atoms with Crippen LogP contribution in [-0.2, 0) is 14.8 Å². The number of likely N-dealkylation sites (N-methyl/N-ethyl adjacent to an activating group) is 1. The molecule has 0 fully saturated rings. The third-order valence-electron chi connectivity index (χ3n) is 4.41. The molecule has 1 aromatic carbocycles. The molecular weight excluding hydrogens is 417 g/mol. The molecule has 0 radical (unpaired) electrons. The molecule has 2 rings (SSSR count). The van der Waals surface area contributed by atoms with Gasteiger partial charge in [-0.2, -0.15) is 16.5 Å². The zero-order valence-electron chi connectivity index (χ0n) is 16.6. The fraction of sp³-hybridized carbons (Fsp3) is 0.421. The molecule has 0 aliphatic rings. The largest absolute Gasteiger partial charge is 0.463 e. The van der Waals surface area contributed by atoms with Crippen LogP contribution in [0.5, 0.6) is 0 Å². The van der Waals surface area contributed by atoms with Gasteiger partial charge in [0.2, 0.25) is 15.9 Å². The normalized spacial score (nSPS) is 14.0. The zero-order chi connectivity index (χ0) is 21.4. The van der Waals surface area contributed by atoms with Crippen molar-refractivity contribution in [3.8, 4) is 0 Å². The first-order valence-corrected chi connectivity index (χ1v) is 12.0. The van der Waals surface area contributed by atoms with Crippen molar-refractivity contribution in [2.24, 2.45) is 0 Å². The van der Waals surface area contributed by atoms with Crippen LogP contribution in [0.3, 0.4) is 0 Å². The van der Waals surface area contributed by atoms with Crippen molar-refractivity contribution < 1.29 is 26.9 Å². The lowest BCUT2D eigenvalue weighted by atomic mass is 10.2. The van der Waals surface area contributed by atoms with Crippen molar-refractivity contribution >= 4 is 27.7 Å². The van der Waals surface area contributed by atoms with Crippen molar-refractivity contribution in [3.05, 3.63) is 54.2 Å². The molecule has 0 saturated heterocycles. The van der Waals surface area contributed by atoms with Gasteiger partial charge < -0.3 is 14.6 Å². The van der Waals surface area contributed by atoms with E-state index in [1.807, 2.05) is 26.4 Å². The highest BCUT2D eigenvalue weighted by Crippen LogP contribution is 2.15. The summed E-state index contributed by atoms with van der Waals surface area (Å²) in [5.74, 6) is -0.0360. The first kappa shape index (κ1) is 23.4. The average Bonchev–Trinajstić information content (AvgIpc) is 3.19. The minimum absolute atomic E-state index is 0.127. The van der Waals surface area contributed by atoms with Crippen molar-refractivity contribution in [3.63, 3.8) is 0 Å². The summed E-state index contributed by atoms with van der Waals surface area (Å²) in [5, 5.41) is 2.80. The van der Waals surface area contributed by atoms with E-state index in [9.17, 15) is 17.6 Å². The second-order valence-electron chi connectivity index (χ2n) is 6.78. The number of benzene rings is 1. The van der Waals surface area contributed by atoms with Crippen LogP contribution in [0.15, 0.2) is 52.0 Å². The predicted octanol–water partition coefficient (Wildman–Crippen LogP) is 0.821. The Morgan fingerprint density at radius 3 is 2.55 bits per heavy atom. The van der Waals surface area contributed by atoms with Crippen LogP contribution < -0.4 is 14.9 Å². The van der Waals surface area contributed by atoms with Crippen molar-refractivity contribution in [1.29, 1.82) is 0 Å². The number of nitrogens with one attached hydrogen (secondary N) is 3.